The molecule has 1 saturated carbocycles. The SMILES string of the molecule is CC(C)C1(CNCc2ccccc2OC(F)F)CC1. The molecule has 106 valence electrons. The first-order chi connectivity index (χ1) is 9.03. The Morgan fingerprint density at radius 2 is 1.95 bits per heavy atom. The lowest BCUT2D eigenvalue weighted by atomic mass is 9.92. The first-order valence-corrected chi connectivity index (χ1v) is 6.77. The summed E-state index contributed by atoms with van der Waals surface area (Å²) in [5, 5.41) is 3.37. The van der Waals surface area contributed by atoms with Gasteiger partial charge in [-0.25, -0.2) is 0 Å². The number of para-hydroxylation sites is 1. The normalized spacial score (nSPS) is 16.9. The summed E-state index contributed by atoms with van der Waals surface area (Å²) in [6, 6.07) is 6.95. The highest BCUT2D eigenvalue weighted by molar-refractivity contribution is 5.33. The first-order valence-electron chi connectivity index (χ1n) is 6.77. The van der Waals surface area contributed by atoms with E-state index in [-0.39, 0.29) is 5.75 Å². The van der Waals surface area contributed by atoms with E-state index >= 15 is 0 Å². The van der Waals surface area contributed by atoms with Crippen molar-refractivity contribution in [3.8, 4) is 5.75 Å². The molecule has 1 aromatic carbocycles. The van der Waals surface area contributed by atoms with E-state index in [1.54, 1.807) is 12.1 Å². The van der Waals surface area contributed by atoms with Gasteiger partial charge in [0.25, 0.3) is 0 Å². The Morgan fingerprint density at radius 1 is 1.26 bits per heavy atom. The molecule has 0 amide bonds. The van der Waals surface area contributed by atoms with E-state index in [1.807, 2.05) is 12.1 Å². The monoisotopic (exact) mass is 269 g/mol. The summed E-state index contributed by atoms with van der Waals surface area (Å²) < 4.78 is 29.1. The second-order valence-corrected chi connectivity index (χ2v) is 5.61. The van der Waals surface area contributed by atoms with Crippen molar-refractivity contribution in [2.45, 2.75) is 39.8 Å². The summed E-state index contributed by atoms with van der Waals surface area (Å²) in [7, 11) is 0. The van der Waals surface area contributed by atoms with Gasteiger partial charge in [0, 0.05) is 18.7 Å². The zero-order chi connectivity index (χ0) is 13.9. The van der Waals surface area contributed by atoms with Gasteiger partial charge >= 0.3 is 6.61 Å². The molecule has 0 saturated heterocycles. The summed E-state index contributed by atoms with van der Waals surface area (Å²) in [6.45, 7) is 3.21. The summed E-state index contributed by atoms with van der Waals surface area (Å²) in [5.41, 5.74) is 1.20. The maximum Gasteiger partial charge on any atom is 0.387 e. The third kappa shape index (κ3) is 3.66. The Morgan fingerprint density at radius 3 is 2.53 bits per heavy atom. The minimum Gasteiger partial charge on any atom is -0.434 e. The van der Waals surface area contributed by atoms with Crippen LogP contribution in [0, 0.1) is 11.3 Å². The van der Waals surface area contributed by atoms with E-state index in [0.29, 0.717) is 17.9 Å². The van der Waals surface area contributed by atoms with Crippen molar-refractivity contribution in [3.63, 3.8) is 0 Å². The van der Waals surface area contributed by atoms with Crippen molar-refractivity contribution in [2.75, 3.05) is 6.54 Å². The van der Waals surface area contributed by atoms with Crippen molar-refractivity contribution >= 4 is 0 Å². The minimum absolute atomic E-state index is 0.263. The number of hydrogen-bond acceptors (Lipinski definition) is 2. The second kappa shape index (κ2) is 5.87. The molecule has 2 rings (SSSR count). The van der Waals surface area contributed by atoms with Crippen molar-refractivity contribution < 1.29 is 13.5 Å². The van der Waals surface area contributed by atoms with Crippen molar-refractivity contribution in [2.24, 2.45) is 11.3 Å². The third-order valence-electron chi connectivity index (χ3n) is 4.10. The fourth-order valence-corrected chi connectivity index (χ4v) is 2.43. The molecule has 0 atom stereocenters. The zero-order valence-electron chi connectivity index (χ0n) is 11.5. The van der Waals surface area contributed by atoms with Crippen molar-refractivity contribution in [1.29, 1.82) is 0 Å². The predicted molar refractivity (Wildman–Crippen MR) is 71.3 cm³/mol. The molecule has 19 heavy (non-hydrogen) atoms. The number of hydrogen-bond donors (Lipinski definition) is 1. The Hall–Kier alpha value is -1.16. The fraction of sp³-hybridized carbons (Fsp3) is 0.600. The van der Waals surface area contributed by atoms with E-state index in [4.69, 9.17) is 0 Å². The lowest BCUT2D eigenvalue weighted by Gasteiger charge is -2.20. The number of ether oxygens (including phenoxy) is 1. The van der Waals surface area contributed by atoms with Crippen LogP contribution in [-0.4, -0.2) is 13.2 Å². The van der Waals surface area contributed by atoms with Gasteiger partial charge < -0.3 is 10.1 Å². The number of alkyl halides is 2. The number of benzene rings is 1. The third-order valence-corrected chi connectivity index (χ3v) is 4.10. The van der Waals surface area contributed by atoms with Crippen LogP contribution in [0.2, 0.25) is 0 Å². The fourth-order valence-electron chi connectivity index (χ4n) is 2.43. The Labute approximate surface area is 113 Å². The highest BCUT2D eigenvalue weighted by Crippen LogP contribution is 2.51. The lowest BCUT2D eigenvalue weighted by Crippen LogP contribution is -2.27. The van der Waals surface area contributed by atoms with Crippen LogP contribution >= 0.6 is 0 Å². The molecule has 0 spiro atoms. The van der Waals surface area contributed by atoms with Crippen LogP contribution in [0.1, 0.15) is 32.3 Å². The Kier molecular flexibility index (Phi) is 4.40. The zero-order valence-corrected chi connectivity index (χ0v) is 11.5. The van der Waals surface area contributed by atoms with Crippen molar-refractivity contribution in [3.05, 3.63) is 29.8 Å². The largest absolute Gasteiger partial charge is 0.434 e. The molecule has 0 radical (unpaired) electrons. The molecule has 0 unspecified atom stereocenters. The van der Waals surface area contributed by atoms with E-state index in [2.05, 4.69) is 23.9 Å². The van der Waals surface area contributed by atoms with Crippen LogP contribution in [0.3, 0.4) is 0 Å². The number of halogens is 2. The average Bonchev–Trinajstić information content (AvgIpc) is 3.12. The predicted octanol–water partition coefficient (Wildman–Crippen LogP) is 3.81. The summed E-state index contributed by atoms with van der Waals surface area (Å²) in [4.78, 5) is 0. The molecule has 2 nitrogen and oxygen atoms in total. The maximum atomic E-state index is 12.3. The van der Waals surface area contributed by atoms with E-state index in [0.717, 1.165) is 12.1 Å². The summed E-state index contributed by atoms with van der Waals surface area (Å²) in [5.74, 6) is 0.923. The van der Waals surface area contributed by atoms with Gasteiger partial charge in [-0.3, -0.25) is 0 Å². The minimum atomic E-state index is -2.77. The standard InChI is InChI=1S/C15H21F2NO/c1-11(2)15(7-8-15)10-18-9-12-5-3-4-6-13(12)19-14(16)17/h3-6,11,14,18H,7-10H2,1-2H3. The van der Waals surface area contributed by atoms with E-state index in [9.17, 15) is 8.78 Å². The molecule has 0 aliphatic heterocycles. The van der Waals surface area contributed by atoms with Gasteiger partial charge in [0.15, 0.2) is 0 Å². The van der Waals surface area contributed by atoms with Gasteiger partial charge in [0.1, 0.15) is 5.75 Å². The van der Waals surface area contributed by atoms with Gasteiger partial charge in [0.2, 0.25) is 0 Å². The second-order valence-electron chi connectivity index (χ2n) is 5.61. The van der Waals surface area contributed by atoms with Crippen molar-refractivity contribution in [1.82, 2.24) is 5.32 Å². The van der Waals surface area contributed by atoms with Gasteiger partial charge in [-0.15, -0.1) is 0 Å². The maximum absolute atomic E-state index is 12.3. The molecule has 1 aromatic rings. The molecule has 0 aromatic heterocycles. The smallest absolute Gasteiger partial charge is 0.387 e. The number of nitrogens with one attached hydrogen (secondary N) is 1. The van der Waals surface area contributed by atoms with Crippen LogP contribution in [0.5, 0.6) is 5.75 Å². The van der Waals surface area contributed by atoms with Crippen LogP contribution in [0.15, 0.2) is 24.3 Å². The van der Waals surface area contributed by atoms with E-state index < -0.39 is 6.61 Å². The van der Waals surface area contributed by atoms with Gasteiger partial charge in [-0.2, -0.15) is 8.78 Å². The van der Waals surface area contributed by atoms with Crippen LogP contribution in [0.25, 0.3) is 0 Å². The van der Waals surface area contributed by atoms with Gasteiger partial charge in [-0.05, 0) is 30.2 Å². The quantitative estimate of drug-likeness (QED) is 0.812. The molecular formula is C15H21F2NO. The lowest BCUT2D eigenvalue weighted by molar-refractivity contribution is -0.0505. The topological polar surface area (TPSA) is 21.3 Å². The first kappa shape index (κ1) is 14.3. The molecule has 0 heterocycles. The molecule has 1 N–H and O–H groups in total. The molecule has 4 heteroatoms. The summed E-state index contributed by atoms with van der Waals surface area (Å²) >= 11 is 0. The van der Waals surface area contributed by atoms with Gasteiger partial charge in [0.05, 0.1) is 0 Å². The van der Waals surface area contributed by atoms with Gasteiger partial charge in [-0.1, -0.05) is 32.0 Å². The van der Waals surface area contributed by atoms with Crippen LogP contribution in [-0.2, 0) is 6.54 Å². The molecular weight excluding hydrogens is 248 g/mol. The molecule has 1 aliphatic rings. The number of rotatable bonds is 7. The molecule has 1 aliphatic carbocycles. The summed E-state index contributed by atoms with van der Waals surface area (Å²) in [6.07, 6.45) is 2.51. The Bertz CT molecular complexity index is 416. The molecule has 1 fully saturated rings. The average molecular weight is 269 g/mol. The van der Waals surface area contributed by atoms with Crippen LogP contribution in [0.4, 0.5) is 8.78 Å². The highest BCUT2D eigenvalue weighted by atomic mass is 19.3. The van der Waals surface area contributed by atoms with Crippen LogP contribution < -0.4 is 10.1 Å². The van der Waals surface area contributed by atoms with E-state index in [1.165, 1.54) is 12.8 Å². The molecule has 0 bridgehead atoms. The highest BCUT2D eigenvalue weighted by Gasteiger charge is 2.44. The Balaban J connectivity index is 1.89.